The fourth-order valence-electron chi connectivity index (χ4n) is 1.21. The minimum Gasteiger partial charge on any atom is -0.354 e. The smallest absolute Gasteiger partial charge is 0.224 e. The van der Waals surface area contributed by atoms with Gasteiger partial charge < -0.3 is 10.3 Å². The summed E-state index contributed by atoms with van der Waals surface area (Å²) >= 11 is 0. The summed E-state index contributed by atoms with van der Waals surface area (Å²) in [6.07, 6.45) is 4.25. The van der Waals surface area contributed by atoms with Crippen LogP contribution in [0.4, 0.5) is 5.95 Å². The minimum atomic E-state index is 0.607. The van der Waals surface area contributed by atoms with Gasteiger partial charge >= 0.3 is 0 Å². The highest BCUT2D eigenvalue weighted by Crippen LogP contribution is 2.07. The molecule has 2 rings (SSSR count). The highest BCUT2D eigenvalue weighted by Gasteiger charge is 2.00. The molecule has 0 atom stereocenters. The van der Waals surface area contributed by atoms with Gasteiger partial charge in [-0.15, -0.1) is 6.58 Å². The van der Waals surface area contributed by atoms with Crippen LogP contribution in [0.25, 0.3) is 11.2 Å². The summed E-state index contributed by atoms with van der Waals surface area (Å²) in [6.45, 7) is 6.63. The van der Waals surface area contributed by atoms with Crippen LogP contribution in [-0.2, 0) is 0 Å². The Hall–Kier alpha value is -1.91. The molecule has 0 saturated carbocycles. The SMILES string of the molecule is C=C(C)CCNc1ncc2[nH]cnc2n1. The van der Waals surface area contributed by atoms with Gasteiger partial charge in [-0.1, -0.05) is 5.57 Å². The van der Waals surface area contributed by atoms with Crippen LogP contribution < -0.4 is 5.32 Å². The number of aromatic amines is 1. The number of hydrogen-bond acceptors (Lipinski definition) is 4. The number of aromatic nitrogens is 4. The Labute approximate surface area is 87.7 Å². The van der Waals surface area contributed by atoms with Crippen LogP contribution in [0.2, 0.25) is 0 Å². The van der Waals surface area contributed by atoms with Gasteiger partial charge in [0.25, 0.3) is 0 Å². The first-order valence-corrected chi connectivity index (χ1v) is 4.80. The molecule has 0 amide bonds. The first-order chi connectivity index (χ1) is 7.25. The lowest BCUT2D eigenvalue weighted by atomic mass is 10.2. The molecule has 0 bridgehead atoms. The zero-order valence-electron chi connectivity index (χ0n) is 8.62. The van der Waals surface area contributed by atoms with Crippen molar-refractivity contribution in [2.24, 2.45) is 0 Å². The molecule has 2 N–H and O–H groups in total. The zero-order valence-corrected chi connectivity index (χ0v) is 8.62. The van der Waals surface area contributed by atoms with Crippen molar-refractivity contribution in [3.63, 3.8) is 0 Å². The van der Waals surface area contributed by atoms with Crippen LogP contribution >= 0.6 is 0 Å². The molecule has 15 heavy (non-hydrogen) atoms. The van der Waals surface area contributed by atoms with Crippen LogP contribution in [0, 0.1) is 0 Å². The van der Waals surface area contributed by atoms with Crippen molar-refractivity contribution in [2.75, 3.05) is 11.9 Å². The minimum absolute atomic E-state index is 0.607. The average Bonchev–Trinajstić information content (AvgIpc) is 2.64. The Morgan fingerprint density at radius 3 is 3.20 bits per heavy atom. The van der Waals surface area contributed by atoms with Crippen molar-refractivity contribution in [1.29, 1.82) is 0 Å². The molecule has 0 radical (unpaired) electrons. The van der Waals surface area contributed by atoms with Gasteiger partial charge in [-0.25, -0.2) is 9.97 Å². The van der Waals surface area contributed by atoms with E-state index in [4.69, 9.17) is 0 Å². The Balaban J connectivity index is 2.04. The standard InChI is InChI=1S/C10H13N5/c1-7(2)3-4-11-10-12-5-8-9(15-10)14-6-13-8/h5-6H,1,3-4H2,2H3,(H2,11,12,13,14,15). The number of fused-ring (bicyclic) bond motifs is 1. The van der Waals surface area contributed by atoms with Crippen molar-refractivity contribution in [3.05, 3.63) is 24.7 Å². The quantitative estimate of drug-likeness (QED) is 0.743. The summed E-state index contributed by atoms with van der Waals surface area (Å²) in [7, 11) is 0. The summed E-state index contributed by atoms with van der Waals surface area (Å²) in [5.74, 6) is 0.607. The van der Waals surface area contributed by atoms with Crippen LogP contribution in [0.1, 0.15) is 13.3 Å². The van der Waals surface area contributed by atoms with E-state index >= 15 is 0 Å². The summed E-state index contributed by atoms with van der Waals surface area (Å²) in [5.41, 5.74) is 2.67. The number of H-pyrrole nitrogens is 1. The van der Waals surface area contributed by atoms with Crippen molar-refractivity contribution < 1.29 is 0 Å². The molecular weight excluding hydrogens is 190 g/mol. The third-order valence-corrected chi connectivity index (χ3v) is 2.01. The van der Waals surface area contributed by atoms with Gasteiger partial charge in [0.1, 0.15) is 5.52 Å². The molecular formula is C10H13N5. The van der Waals surface area contributed by atoms with Crippen LogP contribution in [0.5, 0.6) is 0 Å². The first kappa shape index (κ1) is 9.64. The number of nitrogens with one attached hydrogen (secondary N) is 2. The van der Waals surface area contributed by atoms with E-state index in [0.29, 0.717) is 11.6 Å². The van der Waals surface area contributed by atoms with E-state index in [1.165, 1.54) is 0 Å². The second kappa shape index (κ2) is 4.08. The molecule has 0 saturated heterocycles. The van der Waals surface area contributed by atoms with Gasteiger partial charge in [0.2, 0.25) is 5.95 Å². The lowest BCUT2D eigenvalue weighted by Gasteiger charge is -2.03. The van der Waals surface area contributed by atoms with Crippen LogP contribution in [0.3, 0.4) is 0 Å². The number of rotatable bonds is 4. The molecule has 5 heteroatoms. The highest BCUT2D eigenvalue weighted by molar-refractivity contribution is 5.69. The normalized spacial score (nSPS) is 10.5. The molecule has 5 nitrogen and oxygen atoms in total. The van der Waals surface area contributed by atoms with Gasteiger partial charge in [0.05, 0.1) is 12.5 Å². The highest BCUT2D eigenvalue weighted by atomic mass is 15.1. The summed E-state index contributed by atoms with van der Waals surface area (Å²) in [6, 6.07) is 0. The molecule has 0 aliphatic heterocycles. The maximum atomic E-state index is 4.24. The molecule has 2 aromatic heterocycles. The lowest BCUT2D eigenvalue weighted by Crippen LogP contribution is -2.05. The van der Waals surface area contributed by atoms with Gasteiger partial charge in [0, 0.05) is 6.54 Å². The summed E-state index contributed by atoms with van der Waals surface area (Å²) in [4.78, 5) is 15.4. The molecule has 0 unspecified atom stereocenters. The van der Waals surface area contributed by atoms with Crippen molar-refractivity contribution in [3.8, 4) is 0 Å². The van der Waals surface area contributed by atoms with Gasteiger partial charge in [-0.2, -0.15) is 4.98 Å². The van der Waals surface area contributed by atoms with Gasteiger partial charge in [-0.3, -0.25) is 0 Å². The second-order valence-electron chi connectivity index (χ2n) is 3.47. The summed E-state index contributed by atoms with van der Waals surface area (Å²) in [5, 5.41) is 3.12. The largest absolute Gasteiger partial charge is 0.354 e. The van der Waals surface area contributed by atoms with E-state index in [1.807, 2.05) is 6.92 Å². The van der Waals surface area contributed by atoms with E-state index in [0.717, 1.165) is 24.1 Å². The van der Waals surface area contributed by atoms with E-state index in [1.54, 1.807) is 12.5 Å². The van der Waals surface area contributed by atoms with E-state index < -0.39 is 0 Å². The molecule has 0 spiro atoms. The first-order valence-electron chi connectivity index (χ1n) is 4.80. The van der Waals surface area contributed by atoms with Crippen LogP contribution in [-0.4, -0.2) is 26.5 Å². The maximum absolute atomic E-state index is 4.24. The van der Waals surface area contributed by atoms with Crippen molar-refractivity contribution in [2.45, 2.75) is 13.3 Å². The molecule has 78 valence electrons. The van der Waals surface area contributed by atoms with Crippen LogP contribution in [0.15, 0.2) is 24.7 Å². The molecule has 0 fully saturated rings. The van der Waals surface area contributed by atoms with E-state index in [-0.39, 0.29) is 0 Å². The Kier molecular flexibility index (Phi) is 2.62. The maximum Gasteiger partial charge on any atom is 0.224 e. The van der Waals surface area contributed by atoms with E-state index in [2.05, 4.69) is 31.8 Å². The van der Waals surface area contributed by atoms with E-state index in [9.17, 15) is 0 Å². The predicted octanol–water partition coefficient (Wildman–Crippen LogP) is 1.73. The lowest BCUT2D eigenvalue weighted by molar-refractivity contribution is 0.976. The number of hydrogen-bond donors (Lipinski definition) is 2. The Morgan fingerprint density at radius 1 is 1.53 bits per heavy atom. The van der Waals surface area contributed by atoms with Gasteiger partial charge in [0.15, 0.2) is 5.65 Å². The fourth-order valence-corrected chi connectivity index (χ4v) is 1.21. The average molecular weight is 203 g/mol. The third-order valence-electron chi connectivity index (χ3n) is 2.01. The summed E-state index contributed by atoms with van der Waals surface area (Å²) < 4.78 is 0. The number of imidazole rings is 1. The zero-order chi connectivity index (χ0) is 10.7. The van der Waals surface area contributed by atoms with Gasteiger partial charge in [-0.05, 0) is 13.3 Å². The van der Waals surface area contributed by atoms with Crippen molar-refractivity contribution >= 4 is 17.1 Å². The Morgan fingerprint density at radius 2 is 2.40 bits per heavy atom. The second-order valence-corrected chi connectivity index (χ2v) is 3.47. The third kappa shape index (κ3) is 2.31. The number of nitrogens with zero attached hydrogens (tertiary/aromatic N) is 3. The molecule has 0 aliphatic rings. The van der Waals surface area contributed by atoms with Crippen molar-refractivity contribution in [1.82, 2.24) is 19.9 Å². The Bertz CT molecular complexity index is 473. The topological polar surface area (TPSA) is 66.5 Å². The number of anilines is 1. The monoisotopic (exact) mass is 203 g/mol. The molecule has 2 aromatic rings. The fraction of sp³-hybridized carbons (Fsp3) is 0.300. The predicted molar refractivity (Wildman–Crippen MR) is 59.6 cm³/mol. The molecule has 2 heterocycles. The molecule has 0 aromatic carbocycles. The molecule has 0 aliphatic carbocycles.